The lowest BCUT2D eigenvalue weighted by atomic mass is 10.2. The molecule has 0 amide bonds. The van der Waals surface area contributed by atoms with Crippen LogP contribution in [0.3, 0.4) is 0 Å². The van der Waals surface area contributed by atoms with E-state index in [4.69, 9.17) is 21.1 Å². The number of ether oxygens (including phenoxy) is 2. The third kappa shape index (κ3) is 5.38. The Morgan fingerprint density at radius 2 is 1.90 bits per heavy atom. The lowest BCUT2D eigenvalue weighted by Gasteiger charge is -2.09. The summed E-state index contributed by atoms with van der Waals surface area (Å²) in [4.78, 5) is 0. The number of rotatable bonds is 8. The van der Waals surface area contributed by atoms with Gasteiger partial charge in [0.1, 0.15) is 12.4 Å². The second-order valence-corrected chi connectivity index (χ2v) is 5.08. The van der Waals surface area contributed by atoms with Crippen molar-refractivity contribution >= 4 is 11.6 Å². The van der Waals surface area contributed by atoms with Gasteiger partial charge in [0.25, 0.3) is 0 Å². The molecule has 0 bridgehead atoms. The second kappa shape index (κ2) is 8.67. The maximum Gasteiger partial charge on any atom is 0.119 e. The Morgan fingerprint density at radius 1 is 1.05 bits per heavy atom. The first-order chi connectivity index (χ1) is 10.3. The SMILES string of the molecule is CNCc1cccc(OCCOCc2ccccc2Cl)c1. The molecule has 3 nitrogen and oxygen atoms in total. The lowest BCUT2D eigenvalue weighted by Crippen LogP contribution is -2.08. The number of hydrogen-bond acceptors (Lipinski definition) is 3. The minimum absolute atomic E-state index is 0.503. The van der Waals surface area contributed by atoms with Crippen molar-refractivity contribution in [3.8, 4) is 5.75 Å². The molecule has 0 heterocycles. The summed E-state index contributed by atoms with van der Waals surface area (Å²) in [5, 5.41) is 3.85. The number of halogens is 1. The zero-order valence-electron chi connectivity index (χ0n) is 12.1. The molecule has 0 aromatic heterocycles. The van der Waals surface area contributed by atoms with Gasteiger partial charge in [-0.3, -0.25) is 0 Å². The highest BCUT2D eigenvalue weighted by Crippen LogP contribution is 2.16. The Hall–Kier alpha value is -1.55. The molecular formula is C17H20ClNO2. The Kier molecular flexibility index (Phi) is 6.54. The van der Waals surface area contributed by atoms with Gasteiger partial charge in [-0.1, -0.05) is 41.9 Å². The summed E-state index contributed by atoms with van der Waals surface area (Å²) >= 11 is 6.06. The van der Waals surface area contributed by atoms with Crippen LogP contribution < -0.4 is 10.1 Å². The summed E-state index contributed by atoms with van der Waals surface area (Å²) in [6.07, 6.45) is 0. The molecule has 0 atom stereocenters. The molecule has 2 rings (SSSR count). The molecule has 0 unspecified atom stereocenters. The lowest BCUT2D eigenvalue weighted by molar-refractivity contribution is 0.0889. The van der Waals surface area contributed by atoms with Crippen molar-refractivity contribution in [1.82, 2.24) is 5.32 Å². The minimum atomic E-state index is 0.503. The van der Waals surface area contributed by atoms with Gasteiger partial charge in [0.05, 0.1) is 13.2 Å². The fourth-order valence-electron chi connectivity index (χ4n) is 1.97. The van der Waals surface area contributed by atoms with Gasteiger partial charge in [-0.05, 0) is 36.4 Å². The molecule has 0 spiro atoms. The van der Waals surface area contributed by atoms with Crippen LogP contribution in [0.5, 0.6) is 5.75 Å². The fraction of sp³-hybridized carbons (Fsp3) is 0.294. The first-order valence-corrected chi connectivity index (χ1v) is 7.35. The highest BCUT2D eigenvalue weighted by atomic mass is 35.5. The molecule has 1 N–H and O–H groups in total. The van der Waals surface area contributed by atoms with E-state index in [-0.39, 0.29) is 0 Å². The van der Waals surface area contributed by atoms with Crippen LogP contribution in [0.15, 0.2) is 48.5 Å². The van der Waals surface area contributed by atoms with Gasteiger partial charge in [-0.25, -0.2) is 0 Å². The Balaban J connectivity index is 1.70. The van der Waals surface area contributed by atoms with E-state index >= 15 is 0 Å². The second-order valence-electron chi connectivity index (χ2n) is 4.67. The first kappa shape index (κ1) is 15.8. The monoisotopic (exact) mass is 305 g/mol. The molecule has 4 heteroatoms. The van der Waals surface area contributed by atoms with E-state index < -0.39 is 0 Å². The van der Waals surface area contributed by atoms with Gasteiger partial charge in [0.2, 0.25) is 0 Å². The predicted octanol–water partition coefficient (Wildman–Crippen LogP) is 3.66. The molecule has 2 aromatic rings. The van der Waals surface area contributed by atoms with E-state index in [1.54, 1.807) is 0 Å². The van der Waals surface area contributed by atoms with E-state index in [0.717, 1.165) is 22.9 Å². The van der Waals surface area contributed by atoms with E-state index in [1.807, 2.05) is 49.5 Å². The van der Waals surface area contributed by atoms with Gasteiger partial charge < -0.3 is 14.8 Å². The molecule has 0 aliphatic carbocycles. The van der Waals surface area contributed by atoms with E-state index in [9.17, 15) is 0 Å². The molecule has 112 valence electrons. The first-order valence-electron chi connectivity index (χ1n) is 6.97. The molecule has 0 saturated carbocycles. The predicted molar refractivity (Wildman–Crippen MR) is 85.8 cm³/mol. The van der Waals surface area contributed by atoms with Crippen LogP contribution in [-0.2, 0) is 17.9 Å². The maximum absolute atomic E-state index is 6.06. The van der Waals surface area contributed by atoms with Crippen molar-refractivity contribution < 1.29 is 9.47 Å². The van der Waals surface area contributed by atoms with Gasteiger partial charge in [0.15, 0.2) is 0 Å². The summed E-state index contributed by atoms with van der Waals surface area (Å²) < 4.78 is 11.3. The molecular weight excluding hydrogens is 286 g/mol. The van der Waals surface area contributed by atoms with Crippen molar-refractivity contribution in [2.24, 2.45) is 0 Å². The molecule has 2 aromatic carbocycles. The van der Waals surface area contributed by atoms with Crippen LogP contribution in [0.25, 0.3) is 0 Å². The standard InChI is InChI=1S/C17H20ClNO2/c1-19-12-14-5-4-7-16(11-14)21-10-9-20-13-15-6-2-3-8-17(15)18/h2-8,11,19H,9-10,12-13H2,1H3. The molecule has 0 saturated heterocycles. The van der Waals surface area contributed by atoms with Crippen molar-refractivity contribution in [3.05, 3.63) is 64.7 Å². The summed E-state index contributed by atoms with van der Waals surface area (Å²) in [6, 6.07) is 15.7. The van der Waals surface area contributed by atoms with Crippen LogP contribution >= 0.6 is 11.6 Å². The summed E-state index contributed by atoms with van der Waals surface area (Å²) in [7, 11) is 1.93. The van der Waals surface area contributed by atoms with Gasteiger partial charge >= 0.3 is 0 Å². The molecule has 0 aliphatic heterocycles. The highest BCUT2D eigenvalue weighted by molar-refractivity contribution is 6.31. The van der Waals surface area contributed by atoms with Crippen LogP contribution in [0.1, 0.15) is 11.1 Å². The largest absolute Gasteiger partial charge is 0.491 e. The van der Waals surface area contributed by atoms with Crippen LogP contribution in [-0.4, -0.2) is 20.3 Å². The zero-order chi connectivity index (χ0) is 14.9. The normalized spacial score (nSPS) is 10.6. The third-order valence-electron chi connectivity index (χ3n) is 2.99. The van der Waals surface area contributed by atoms with E-state index in [2.05, 4.69) is 11.4 Å². The smallest absolute Gasteiger partial charge is 0.119 e. The minimum Gasteiger partial charge on any atom is -0.491 e. The number of nitrogens with one attached hydrogen (secondary N) is 1. The average molecular weight is 306 g/mol. The summed E-state index contributed by atoms with van der Waals surface area (Å²) in [6.45, 7) is 2.39. The molecule has 21 heavy (non-hydrogen) atoms. The van der Waals surface area contributed by atoms with Crippen LogP contribution in [0, 0.1) is 0 Å². The number of benzene rings is 2. The van der Waals surface area contributed by atoms with Crippen molar-refractivity contribution in [2.45, 2.75) is 13.2 Å². The van der Waals surface area contributed by atoms with Crippen molar-refractivity contribution in [2.75, 3.05) is 20.3 Å². The Labute approximate surface area is 130 Å². The molecule has 0 radical (unpaired) electrons. The number of hydrogen-bond donors (Lipinski definition) is 1. The molecule has 0 fully saturated rings. The fourth-order valence-corrected chi connectivity index (χ4v) is 2.16. The van der Waals surface area contributed by atoms with E-state index in [1.165, 1.54) is 5.56 Å². The Bertz CT molecular complexity index is 560. The average Bonchev–Trinajstić information content (AvgIpc) is 2.49. The Morgan fingerprint density at radius 3 is 2.71 bits per heavy atom. The van der Waals surface area contributed by atoms with Crippen molar-refractivity contribution in [1.29, 1.82) is 0 Å². The maximum atomic E-state index is 6.06. The van der Waals surface area contributed by atoms with Gasteiger partial charge in [-0.15, -0.1) is 0 Å². The topological polar surface area (TPSA) is 30.5 Å². The molecule has 0 aliphatic rings. The highest BCUT2D eigenvalue weighted by Gasteiger charge is 2.00. The quantitative estimate of drug-likeness (QED) is 0.755. The third-order valence-corrected chi connectivity index (χ3v) is 3.36. The summed E-state index contributed by atoms with van der Waals surface area (Å²) in [5.41, 5.74) is 2.20. The van der Waals surface area contributed by atoms with Crippen LogP contribution in [0.4, 0.5) is 0 Å². The summed E-state index contributed by atoms with van der Waals surface area (Å²) in [5.74, 6) is 0.865. The van der Waals surface area contributed by atoms with E-state index in [0.29, 0.717) is 19.8 Å². The van der Waals surface area contributed by atoms with Gasteiger partial charge in [0, 0.05) is 11.6 Å². The van der Waals surface area contributed by atoms with Crippen LogP contribution in [0.2, 0.25) is 5.02 Å². The van der Waals surface area contributed by atoms with Crippen molar-refractivity contribution in [3.63, 3.8) is 0 Å². The zero-order valence-corrected chi connectivity index (χ0v) is 12.9. The van der Waals surface area contributed by atoms with Gasteiger partial charge in [-0.2, -0.15) is 0 Å².